The fraction of sp³-hybridized carbons (Fsp3) is 0.150. The lowest BCUT2D eigenvalue weighted by Gasteiger charge is -2.08. The summed E-state index contributed by atoms with van der Waals surface area (Å²) in [7, 11) is -3.72. The Bertz CT molecular complexity index is 1030. The van der Waals surface area contributed by atoms with E-state index >= 15 is 0 Å². The van der Waals surface area contributed by atoms with Crippen molar-refractivity contribution in [3.8, 4) is 5.75 Å². The van der Waals surface area contributed by atoms with Crippen LogP contribution in [0.15, 0.2) is 80.7 Å². The van der Waals surface area contributed by atoms with Crippen LogP contribution in [0.2, 0.25) is 0 Å². The van der Waals surface area contributed by atoms with Crippen molar-refractivity contribution in [2.45, 2.75) is 11.4 Å². The van der Waals surface area contributed by atoms with E-state index in [9.17, 15) is 13.2 Å². The first-order valence-electron chi connectivity index (χ1n) is 8.62. The van der Waals surface area contributed by atoms with Gasteiger partial charge in [-0.25, -0.2) is 17.9 Å². The number of carbonyl (C=O) groups excluding carboxylic acids is 1. The first-order chi connectivity index (χ1) is 13.9. The molecule has 3 aromatic rings. The van der Waals surface area contributed by atoms with Crippen molar-refractivity contribution in [2.24, 2.45) is 0 Å². The molecule has 7 nitrogen and oxygen atoms in total. The fourth-order valence-electron chi connectivity index (χ4n) is 2.34. The zero-order chi connectivity index (χ0) is 20.7. The monoisotopic (exact) mass is 479 g/mol. The molecule has 0 amide bonds. The molecule has 1 aromatic heterocycles. The van der Waals surface area contributed by atoms with E-state index < -0.39 is 16.0 Å². The van der Waals surface area contributed by atoms with Crippen LogP contribution in [0.5, 0.6) is 5.75 Å². The number of hydrogen-bond donors (Lipinski definition) is 1. The average molecular weight is 480 g/mol. The molecule has 0 aliphatic rings. The maximum atomic E-state index is 12.3. The van der Waals surface area contributed by atoms with E-state index in [2.05, 4.69) is 20.7 Å². The quantitative estimate of drug-likeness (QED) is 0.370. The molecule has 0 unspecified atom stereocenters. The molecule has 3 rings (SSSR count). The zero-order valence-electron chi connectivity index (χ0n) is 15.2. The Morgan fingerprint density at radius 1 is 1.00 bits per heavy atom. The van der Waals surface area contributed by atoms with Gasteiger partial charge in [-0.3, -0.25) is 0 Å². The average Bonchev–Trinajstić information content (AvgIpc) is 3.25. The second-order valence-electron chi connectivity index (χ2n) is 5.87. The summed E-state index contributed by atoms with van der Waals surface area (Å²) in [6.07, 6.45) is 1.47. The van der Waals surface area contributed by atoms with Gasteiger partial charge >= 0.3 is 5.97 Å². The number of halogens is 1. The third-order valence-corrected chi connectivity index (χ3v) is 5.76. The lowest BCUT2D eigenvalue weighted by Crippen LogP contribution is -2.23. The molecular weight excluding hydrogens is 462 g/mol. The van der Waals surface area contributed by atoms with Crippen LogP contribution in [-0.4, -0.2) is 27.6 Å². The SMILES string of the molecule is O=C(OCCOc1ccc(Br)cc1)c1ccc(S(=O)(=O)NCc2ccco2)cc1. The summed E-state index contributed by atoms with van der Waals surface area (Å²) in [6.45, 7) is 0.313. The third-order valence-electron chi connectivity index (χ3n) is 3.82. The van der Waals surface area contributed by atoms with Gasteiger partial charge in [-0.15, -0.1) is 0 Å². The first kappa shape index (κ1) is 21.1. The van der Waals surface area contributed by atoms with Crippen molar-refractivity contribution in [1.29, 1.82) is 0 Å². The van der Waals surface area contributed by atoms with Crippen LogP contribution in [0.3, 0.4) is 0 Å². The highest BCUT2D eigenvalue weighted by Gasteiger charge is 2.16. The number of sulfonamides is 1. The predicted octanol–water partition coefficient (Wildman–Crippen LogP) is 3.76. The van der Waals surface area contributed by atoms with Gasteiger partial charge in [0.1, 0.15) is 24.7 Å². The summed E-state index contributed by atoms with van der Waals surface area (Å²) in [6, 6.07) is 16.1. The van der Waals surface area contributed by atoms with Gasteiger partial charge in [-0.05, 0) is 60.7 Å². The fourth-order valence-corrected chi connectivity index (χ4v) is 3.60. The Labute approximate surface area is 176 Å². The number of rotatable bonds is 9. The second kappa shape index (κ2) is 9.73. The minimum absolute atomic E-state index is 0.0392. The van der Waals surface area contributed by atoms with Gasteiger partial charge in [0.15, 0.2) is 0 Å². The lowest BCUT2D eigenvalue weighted by molar-refractivity contribution is 0.0450. The summed E-state index contributed by atoms with van der Waals surface area (Å²) >= 11 is 3.34. The van der Waals surface area contributed by atoms with Gasteiger partial charge in [0.2, 0.25) is 10.0 Å². The molecule has 0 aliphatic carbocycles. The molecule has 0 radical (unpaired) electrons. The molecule has 0 fully saturated rings. The minimum atomic E-state index is -3.72. The van der Waals surface area contributed by atoms with E-state index in [1.807, 2.05) is 12.1 Å². The normalized spacial score (nSPS) is 11.2. The van der Waals surface area contributed by atoms with E-state index in [4.69, 9.17) is 13.9 Å². The smallest absolute Gasteiger partial charge is 0.338 e. The van der Waals surface area contributed by atoms with Crippen LogP contribution in [0.4, 0.5) is 0 Å². The Hall–Kier alpha value is -2.62. The Morgan fingerprint density at radius 3 is 2.38 bits per heavy atom. The molecule has 0 saturated carbocycles. The van der Waals surface area contributed by atoms with Gasteiger partial charge in [0.25, 0.3) is 0 Å². The molecular formula is C20H18BrNO6S. The molecule has 29 heavy (non-hydrogen) atoms. The van der Waals surface area contributed by atoms with Gasteiger partial charge in [0, 0.05) is 4.47 Å². The number of esters is 1. The number of ether oxygens (including phenoxy) is 2. The number of carbonyl (C=O) groups is 1. The molecule has 2 aromatic carbocycles. The van der Waals surface area contributed by atoms with Crippen molar-refractivity contribution >= 4 is 31.9 Å². The maximum Gasteiger partial charge on any atom is 0.338 e. The van der Waals surface area contributed by atoms with Crippen LogP contribution in [0.25, 0.3) is 0 Å². The summed E-state index contributed by atoms with van der Waals surface area (Å²) in [5.41, 5.74) is 0.249. The second-order valence-corrected chi connectivity index (χ2v) is 8.55. The van der Waals surface area contributed by atoms with Crippen molar-refractivity contribution in [1.82, 2.24) is 4.72 Å². The van der Waals surface area contributed by atoms with Crippen molar-refractivity contribution < 1.29 is 27.1 Å². The lowest BCUT2D eigenvalue weighted by atomic mass is 10.2. The zero-order valence-corrected chi connectivity index (χ0v) is 17.6. The summed E-state index contributed by atoms with van der Waals surface area (Å²) < 4.78 is 43.7. The predicted molar refractivity (Wildman–Crippen MR) is 109 cm³/mol. The van der Waals surface area contributed by atoms with E-state index in [-0.39, 0.29) is 30.2 Å². The van der Waals surface area contributed by atoms with Crippen LogP contribution in [0, 0.1) is 0 Å². The van der Waals surface area contributed by atoms with Crippen LogP contribution in [0.1, 0.15) is 16.1 Å². The van der Waals surface area contributed by atoms with Gasteiger partial charge in [-0.2, -0.15) is 0 Å². The summed E-state index contributed by atoms with van der Waals surface area (Å²) in [4.78, 5) is 12.1. The van der Waals surface area contributed by atoms with Crippen molar-refractivity contribution in [2.75, 3.05) is 13.2 Å². The standard InChI is InChI=1S/C20H18BrNO6S/c21-16-5-7-17(8-6-16)27-12-13-28-20(23)15-3-9-19(10-4-15)29(24,25)22-14-18-2-1-11-26-18/h1-11,22H,12-14H2. The molecule has 9 heteroatoms. The minimum Gasteiger partial charge on any atom is -0.490 e. The molecule has 152 valence electrons. The maximum absolute atomic E-state index is 12.3. The van der Waals surface area contributed by atoms with Crippen molar-refractivity contribution in [3.63, 3.8) is 0 Å². The largest absolute Gasteiger partial charge is 0.490 e. The number of hydrogen-bond acceptors (Lipinski definition) is 6. The molecule has 0 spiro atoms. The first-order valence-corrected chi connectivity index (χ1v) is 10.9. The molecule has 1 N–H and O–H groups in total. The highest BCUT2D eigenvalue weighted by Crippen LogP contribution is 2.16. The van der Waals surface area contributed by atoms with E-state index in [0.29, 0.717) is 11.5 Å². The highest BCUT2D eigenvalue weighted by atomic mass is 79.9. The molecule has 0 saturated heterocycles. The molecule has 1 heterocycles. The van der Waals surface area contributed by atoms with Crippen LogP contribution in [-0.2, 0) is 21.3 Å². The van der Waals surface area contributed by atoms with Crippen LogP contribution >= 0.6 is 15.9 Å². The molecule has 0 aliphatic heterocycles. The Balaban J connectivity index is 1.48. The van der Waals surface area contributed by atoms with Crippen LogP contribution < -0.4 is 9.46 Å². The Morgan fingerprint density at radius 2 is 1.72 bits per heavy atom. The van der Waals surface area contributed by atoms with E-state index in [1.54, 1.807) is 24.3 Å². The molecule has 0 atom stereocenters. The van der Waals surface area contributed by atoms with Gasteiger partial charge in [0.05, 0.1) is 23.3 Å². The third kappa shape index (κ3) is 6.18. The topological polar surface area (TPSA) is 94.8 Å². The van der Waals surface area contributed by atoms with Crippen molar-refractivity contribution in [3.05, 3.63) is 82.7 Å². The van der Waals surface area contributed by atoms with E-state index in [1.165, 1.54) is 30.5 Å². The van der Waals surface area contributed by atoms with Gasteiger partial charge in [-0.1, -0.05) is 15.9 Å². The Kier molecular flexibility index (Phi) is 7.08. The van der Waals surface area contributed by atoms with E-state index in [0.717, 1.165) is 4.47 Å². The highest BCUT2D eigenvalue weighted by molar-refractivity contribution is 9.10. The number of furan rings is 1. The summed E-state index contributed by atoms with van der Waals surface area (Å²) in [5.74, 6) is 0.608. The summed E-state index contributed by atoms with van der Waals surface area (Å²) in [5, 5.41) is 0. The number of benzene rings is 2. The molecule has 0 bridgehead atoms. The number of nitrogens with one attached hydrogen (secondary N) is 1. The van der Waals surface area contributed by atoms with Gasteiger partial charge < -0.3 is 13.9 Å².